The first-order valence-electron chi connectivity index (χ1n) is 9.11. The Bertz CT molecular complexity index is 904. The molecule has 1 aromatic carbocycles. The summed E-state index contributed by atoms with van der Waals surface area (Å²) in [7, 11) is 0. The second kappa shape index (κ2) is 8.39. The van der Waals surface area contributed by atoms with Gasteiger partial charge in [0.15, 0.2) is 11.6 Å². The molecule has 0 unspecified atom stereocenters. The summed E-state index contributed by atoms with van der Waals surface area (Å²) in [4.78, 5) is 19.8. The molecule has 144 valence electrons. The third kappa shape index (κ3) is 4.14. The highest BCUT2D eigenvalue weighted by molar-refractivity contribution is 7.98. The van der Waals surface area contributed by atoms with E-state index in [1.807, 2.05) is 42.7 Å². The van der Waals surface area contributed by atoms with Gasteiger partial charge >= 0.3 is 0 Å². The monoisotopic (exact) mass is 395 g/mol. The molecule has 9 heteroatoms. The number of carbonyl (C=O) groups is 1. The normalized spacial score (nSPS) is 14.8. The summed E-state index contributed by atoms with van der Waals surface area (Å²) in [5, 5.41) is 15.6. The molecule has 0 aliphatic carbocycles. The number of nitrogens with zero attached hydrogens (tertiary/aromatic N) is 6. The summed E-state index contributed by atoms with van der Waals surface area (Å²) in [6, 6.07) is 11.7. The molecule has 0 saturated carbocycles. The van der Waals surface area contributed by atoms with Crippen LogP contribution < -0.4 is 10.2 Å². The Hall–Kier alpha value is -2.94. The van der Waals surface area contributed by atoms with Crippen molar-refractivity contribution in [2.24, 2.45) is 5.92 Å². The first-order valence-corrected chi connectivity index (χ1v) is 10.3. The van der Waals surface area contributed by atoms with Gasteiger partial charge < -0.3 is 10.2 Å². The molecule has 8 nitrogen and oxygen atoms in total. The maximum atomic E-state index is 12.6. The number of aromatic nitrogens is 5. The lowest BCUT2D eigenvalue weighted by Gasteiger charge is -2.31. The van der Waals surface area contributed by atoms with E-state index < -0.39 is 0 Å². The average molecular weight is 395 g/mol. The van der Waals surface area contributed by atoms with Crippen LogP contribution in [0.5, 0.6) is 0 Å². The highest BCUT2D eigenvalue weighted by atomic mass is 32.2. The van der Waals surface area contributed by atoms with Gasteiger partial charge in [-0.2, -0.15) is 5.10 Å². The number of carbonyl (C=O) groups excluding carboxylic acids is 1. The second-order valence-electron chi connectivity index (χ2n) is 6.57. The van der Waals surface area contributed by atoms with Gasteiger partial charge in [-0.1, -0.05) is 0 Å². The second-order valence-corrected chi connectivity index (χ2v) is 7.45. The predicted octanol–water partition coefficient (Wildman–Crippen LogP) is 2.63. The van der Waals surface area contributed by atoms with E-state index in [9.17, 15) is 4.79 Å². The molecule has 1 aliphatic rings. The number of nitrogens with one attached hydrogen (secondary N) is 1. The Morgan fingerprint density at radius 2 is 1.79 bits per heavy atom. The van der Waals surface area contributed by atoms with Crippen LogP contribution in [0.25, 0.3) is 5.82 Å². The first kappa shape index (κ1) is 18.4. The molecule has 3 aromatic rings. The molecule has 2 aromatic heterocycles. The van der Waals surface area contributed by atoms with Crippen molar-refractivity contribution in [2.75, 3.05) is 29.6 Å². The standard InChI is InChI=1S/C19H21N7OS/c1-28-16-4-2-15(3-5-16)22-19(27)14-8-10-25(11-9-14)17-6-7-18(24-23-17)26-13-20-12-21-26/h2-7,12-14H,8-11H2,1H3,(H,22,27). The number of amides is 1. The van der Waals surface area contributed by atoms with Crippen molar-refractivity contribution in [3.63, 3.8) is 0 Å². The van der Waals surface area contributed by atoms with E-state index in [4.69, 9.17) is 0 Å². The highest BCUT2D eigenvalue weighted by Crippen LogP contribution is 2.24. The zero-order chi connectivity index (χ0) is 19.3. The van der Waals surface area contributed by atoms with Crippen molar-refractivity contribution in [3.8, 4) is 5.82 Å². The fourth-order valence-corrected chi connectivity index (χ4v) is 3.63. The largest absolute Gasteiger partial charge is 0.355 e. The van der Waals surface area contributed by atoms with Crippen LogP contribution in [0.2, 0.25) is 0 Å². The SMILES string of the molecule is CSc1ccc(NC(=O)C2CCN(c3ccc(-n4cncn4)nn3)CC2)cc1. The molecule has 1 N–H and O–H groups in total. The number of thioether (sulfide) groups is 1. The maximum Gasteiger partial charge on any atom is 0.227 e. The molecular weight excluding hydrogens is 374 g/mol. The molecule has 0 atom stereocenters. The highest BCUT2D eigenvalue weighted by Gasteiger charge is 2.26. The molecule has 0 spiro atoms. The Morgan fingerprint density at radius 3 is 2.39 bits per heavy atom. The topological polar surface area (TPSA) is 88.8 Å². The van der Waals surface area contributed by atoms with E-state index in [-0.39, 0.29) is 11.8 Å². The van der Waals surface area contributed by atoms with Crippen molar-refractivity contribution in [1.82, 2.24) is 25.0 Å². The van der Waals surface area contributed by atoms with Crippen LogP contribution in [-0.2, 0) is 4.79 Å². The Balaban J connectivity index is 1.31. The van der Waals surface area contributed by atoms with E-state index in [0.717, 1.165) is 37.4 Å². The van der Waals surface area contributed by atoms with E-state index in [2.05, 4.69) is 30.5 Å². The average Bonchev–Trinajstić information content (AvgIpc) is 3.29. The third-order valence-electron chi connectivity index (χ3n) is 4.84. The Labute approximate surface area is 167 Å². The zero-order valence-electron chi connectivity index (χ0n) is 15.5. The molecule has 0 radical (unpaired) electrons. The summed E-state index contributed by atoms with van der Waals surface area (Å²) in [6.07, 6.45) is 6.67. The van der Waals surface area contributed by atoms with Crippen LogP contribution in [0.15, 0.2) is 53.9 Å². The molecular formula is C19H21N7OS. The van der Waals surface area contributed by atoms with Crippen molar-refractivity contribution in [3.05, 3.63) is 49.1 Å². The van der Waals surface area contributed by atoms with Gasteiger partial charge in [0.25, 0.3) is 0 Å². The van der Waals surface area contributed by atoms with Gasteiger partial charge in [0.2, 0.25) is 5.91 Å². The predicted molar refractivity (Wildman–Crippen MR) is 109 cm³/mol. The van der Waals surface area contributed by atoms with E-state index in [1.54, 1.807) is 22.8 Å². The maximum absolute atomic E-state index is 12.6. The van der Waals surface area contributed by atoms with Crippen LogP contribution in [0.1, 0.15) is 12.8 Å². The fourth-order valence-electron chi connectivity index (χ4n) is 3.23. The van der Waals surface area contributed by atoms with Gasteiger partial charge in [-0.05, 0) is 55.5 Å². The van der Waals surface area contributed by atoms with Crippen LogP contribution >= 0.6 is 11.8 Å². The summed E-state index contributed by atoms with van der Waals surface area (Å²) < 4.78 is 1.57. The minimum absolute atomic E-state index is 0.0128. The lowest BCUT2D eigenvalue weighted by atomic mass is 9.96. The molecule has 4 rings (SSSR count). The smallest absolute Gasteiger partial charge is 0.227 e. The fraction of sp³-hybridized carbons (Fsp3) is 0.316. The van der Waals surface area contributed by atoms with Crippen molar-refractivity contribution < 1.29 is 4.79 Å². The number of benzene rings is 1. The molecule has 1 aliphatic heterocycles. The number of piperidine rings is 1. The molecule has 1 fully saturated rings. The minimum Gasteiger partial charge on any atom is -0.355 e. The van der Waals surface area contributed by atoms with Crippen molar-refractivity contribution in [2.45, 2.75) is 17.7 Å². The number of anilines is 2. The third-order valence-corrected chi connectivity index (χ3v) is 5.58. The lowest BCUT2D eigenvalue weighted by molar-refractivity contribution is -0.120. The first-order chi connectivity index (χ1) is 13.7. The number of rotatable bonds is 5. The van der Waals surface area contributed by atoms with Gasteiger partial charge in [-0.3, -0.25) is 4.79 Å². The Kier molecular flexibility index (Phi) is 5.52. The number of hydrogen-bond acceptors (Lipinski definition) is 7. The summed E-state index contributed by atoms with van der Waals surface area (Å²) >= 11 is 1.69. The molecule has 1 saturated heterocycles. The summed E-state index contributed by atoms with van der Waals surface area (Å²) in [6.45, 7) is 1.56. The van der Waals surface area contributed by atoms with E-state index in [0.29, 0.717) is 5.82 Å². The summed E-state index contributed by atoms with van der Waals surface area (Å²) in [5.74, 6) is 1.54. The molecule has 28 heavy (non-hydrogen) atoms. The zero-order valence-corrected chi connectivity index (χ0v) is 16.3. The lowest BCUT2D eigenvalue weighted by Crippen LogP contribution is -2.38. The van der Waals surface area contributed by atoms with Gasteiger partial charge in [0.05, 0.1) is 0 Å². The quantitative estimate of drug-likeness (QED) is 0.664. The van der Waals surface area contributed by atoms with E-state index >= 15 is 0 Å². The summed E-state index contributed by atoms with van der Waals surface area (Å²) in [5.41, 5.74) is 0.847. The number of hydrogen-bond donors (Lipinski definition) is 1. The minimum atomic E-state index is 0.0128. The molecule has 0 bridgehead atoms. The van der Waals surface area contributed by atoms with Crippen molar-refractivity contribution in [1.29, 1.82) is 0 Å². The van der Waals surface area contributed by atoms with Crippen LogP contribution in [-0.4, -0.2) is 50.2 Å². The van der Waals surface area contributed by atoms with Gasteiger partial charge in [0, 0.05) is 29.6 Å². The van der Waals surface area contributed by atoms with Gasteiger partial charge in [-0.25, -0.2) is 9.67 Å². The molecule has 3 heterocycles. The van der Waals surface area contributed by atoms with Gasteiger partial charge in [0.1, 0.15) is 12.7 Å². The van der Waals surface area contributed by atoms with Gasteiger partial charge in [-0.15, -0.1) is 22.0 Å². The van der Waals surface area contributed by atoms with Crippen LogP contribution in [0.3, 0.4) is 0 Å². The van der Waals surface area contributed by atoms with Crippen LogP contribution in [0.4, 0.5) is 11.5 Å². The Morgan fingerprint density at radius 1 is 1.07 bits per heavy atom. The van der Waals surface area contributed by atoms with E-state index in [1.165, 1.54) is 11.2 Å². The molecule has 1 amide bonds. The van der Waals surface area contributed by atoms with Crippen molar-refractivity contribution >= 4 is 29.2 Å². The van der Waals surface area contributed by atoms with Crippen LogP contribution in [0, 0.1) is 5.92 Å².